The normalized spacial score (nSPS) is 21.5. The van der Waals surface area contributed by atoms with Crippen LogP contribution in [0.4, 0.5) is 5.69 Å². The third-order valence-electron chi connectivity index (χ3n) is 6.12. The summed E-state index contributed by atoms with van der Waals surface area (Å²) < 4.78 is 0. The van der Waals surface area contributed by atoms with E-state index in [-0.39, 0.29) is 11.8 Å². The fourth-order valence-electron chi connectivity index (χ4n) is 4.22. The third-order valence-corrected chi connectivity index (χ3v) is 6.12. The molecule has 28 heavy (non-hydrogen) atoms. The van der Waals surface area contributed by atoms with Crippen molar-refractivity contribution in [2.45, 2.75) is 46.1 Å². The minimum atomic E-state index is 0.0133. The second kappa shape index (κ2) is 9.52. The number of hydrogen-bond acceptors (Lipinski definition) is 4. The maximum atomic E-state index is 12.6. The molecule has 6 nitrogen and oxygen atoms in total. The van der Waals surface area contributed by atoms with Crippen LogP contribution in [-0.2, 0) is 9.59 Å². The number of hydrogen-bond donors (Lipinski definition) is 1. The van der Waals surface area contributed by atoms with E-state index in [1.807, 2.05) is 36.9 Å². The van der Waals surface area contributed by atoms with Crippen molar-refractivity contribution in [3.8, 4) is 0 Å². The molecule has 0 unspecified atom stereocenters. The van der Waals surface area contributed by atoms with Crippen molar-refractivity contribution in [2.75, 3.05) is 51.1 Å². The SMILES string of the molecule is Cc1cccc(C)c1NC(=O)CN1CCN(C(=O)CN2CCCC[C@H]2C)CC1. The summed E-state index contributed by atoms with van der Waals surface area (Å²) in [5.74, 6) is 0.243. The average molecular weight is 387 g/mol. The Kier molecular flexibility index (Phi) is 7.08. The first-order valence-corrected chi connectivity index (χ1v) is 10.5. The number of likely N-dealkylation sites (tertiary alicyclic amines) is 1. The zero-order valence-corrected chi connectivity index (χ0v) is 17.5. The van der Waals surface area contributed by atoms with Crippen molar-refractivity contribution >= 4 is 17.5 Å². The van der Waals surface area contributed by atoms with Crippen molar-refractivity contribution in [1.29, 1.82) is 0 Å². The Morgan fingerprint density at radius 3 is 2.32 bits per heavy atom. The fourth-order valence-corrected chi connectivity index (χ4v) is 4.22. The van der Waals surface area contributed by atoms with Crippen LogP contribution in [0.3, 0.4) is 0 Å². The summed E-state index contributed by atoms with van der Waals surface area (Å²) in [5.41, 5.74) is 3.07. The summed E-state index contributed by atoms with van der Waals surface area (Å²) >= 11 is 0. The Hall–Kier alpha value is -1.92. The van der Waals surface area contributed by atoms with Crippen LogP contribution in [0.5, 0.6) is 0 Å². The second-order valence-corrected chi connectivity index (χ2v) is 8.29. The predicted molar refractivity (Wildman–Crippen MR) is 112 cm³/mol. The maximum Gasteiger partial charge on any atom is 0.238 e. The Labute approximate surface area is 168 Å². The maximum absolute atomic E-state index is 12.6. The Bertz CT molecular complexity index is 678. The summed E-state index contributed by atoms with van der Waals surface area (Å²) in [5, 5.41) is 3.05. The molecule has 2 heterocycles. The van der Waals surface area contributed by atoms with Gasteiger partial charge in [0.2, 0.25) is 11.8 Å². The lowest BCUT2D eigenvalue weighted by atomic mass is 10.0. The highest BCUT2D eigenvalue weighted by Gasteiger charge is 2.26. The van der Waals surface area contributed by atoms with Crippen LogP contribution in [0, 0.1) is 13.8 Å². The van der Waals surface area contributed by atoms with E-state index in [4.69, 9.17) is 0 Å². The van der Waals surface area contributed by atoms with Gasteiger partial charge in [0, 0.05) is 37.9 Å². The third kappa shape index (κ3) is 5.32. The summed E-state index contributed by atoms with van der Waals surface area (Å²) in [6.07, 6.45) is 3.66. The van der Waals surface area contributed by atoms with E-state index >= 15 is 0 Å². The Balaban J connectivity index is 1.43. The Morgan fingerprint density at radius 2 is 1.68 bits per heavy atom. The zero-order valence-electron chi connectivity index (χ0n) is 17.5. The smallest absolute Gasteiger partial charge is 0.238 e. The molecule has 1 aromatic rings. The monoisotopic (exact) mass is 386 g/mol. The number of aryl methyl sites for hydroxylation is 2. The van der Waals surface area contributed by atoms with Gasteiger partial charge < -0.3 is 10.2 Å². The van der Waals surface area contributed by atoms with Gasteiger partial charge in [-0.1, -0.05) is 24.6 Å². The van der Waals surface area contributed by atoms with Gasteiger partial charge in [0.1, 0.15) is 0 Å². The van der Waals surface area contributed by atoms with Gasteiger partial charge in [-0.05, 0) is 51.3 Å². The number of piperazine rings is 1. The summed E-state index contributed by atoms with van der Waals surface area (Å²) in [4.78, 5) is 31.5. The van der Waals surface area contributed by atoms with Crippen molar-refractivity contribution < 1.29 is 9.59 Å². The molecule has 2 aliphatic rings. The average Bonchev–Trinajstić information content (AvgIpc) is 2.67. The van der Waals surface area contributed by atoms with Gasteiger partial charge >= 0.3 is 0 Å². The van der Waals surface area contributed by atoms with E-state index < -0.39 is 0 Å². The Morgan fingerprint density at radius 1 is 1.00 bits per heavy atom. The van der Waals surface area contributed by atoms with E-state index in [0.717, 1.165) is 36.4 Å². The molecule has 3 rings (SSSR count). The topological polar surface area (TPSA) is 55.9 Å². The molecule has 2 amide bonds. The largest absolute Gasteiger partial charge is 0.339 e. The van der Waals surface area contributed by atoms with E-state index in [0.29, 0.717) is 32.2 Å². The van der Waals surface area contributed by atoms with Crippen molar-refractivity contribution in [1.82, 2.24) is 14.7 Å². The summed E-state index contributed by atoms with van der Waals surface area (Å²) in [7, 11) is 0. The molecule has 0 aromatic heterocycles. The van der Waals surface area contributed by atoms with Crippen LogP contribution >= 0.6 is 0 Å². The highest BCUT2D eigenvalue weighted by atomic mass is 16.2. The first-order valence-electron chi connectivity index (χ1n) is 10.5. The number of para-hydroxylation sites is 1. The molecular formula is C22H34N4O2. The first kappa shape index (κ1) is 20.8. The van der Waals surface area contributed by atoms with Crippen molar-refractivity contribution in [3.63, 3.8) is 0 Å². The lowest BCUT2D eigenvalue weighted by Crippen LogP contribution is -2.53. The highest BCUT2D eigenvalue weighted by Crippen LogP contribution is 2.19. The molecule has 1 aromatic carbocycles. The molecule has 6 heteroatoms. The minimum Gasteiger partial charge on any atom is -0.339 e. The predicted octanol–water partition coefficient (Wildman–Crippen LogP) is 2.26. The van der Waals surface area contributed by atoms with E-state index in [2.05, 4.69) is 22.0 Å². The molecule has 1 N–H and O–H groups in total. The van der Waals surface area contributed by atoms with E-state index in [1.165, 1.54) is 19.3 Å². The van der Waals surface area contributed by atoms with Crippen LogP contribution in [0.15, 0.2) is 18.2 Å². The number of anilines is 1. The molecule has 0 bridgehead atoms. The van der Waals surface area contributed by atoms with Crippen LogP contribution in [0.25, 0.3) is 0 Å². The molecule has 1 atom stereocenters. The van der Waals surface area contributed by atoms with Crippen molar-refractivity contribution in [3.05, 3.63) is 29.3 Å². The number of nitrogens with one attached hydrogen (secondary N) is 1. The van der Waals surface area contributed by atoms with Gasteiger partial charge in [-0.15, -0.1) is 0 Å². The van der Waals surface area contributed by atoms with Gasteiger partial charge in [0.15, 0.2) is 0 Å². The number of carbonyl (C=O) groups excluding carboxylic acids is 2. The molecule has 154 valence electrons. The standard InChI is InChI=1S/C22H34N4O2/c1-17-7-6-8-18(2)22(17)23-20(27)15-24-11-13-25(14-12-24)21(28)16-26-10-5-4-9-19(26)3/h6-8,19H,4-5,9-16H2,1-3H3,(H,23,27)/t19-/m1/s1. The zero-order chi connectivity index (χ0) is 20.1. The molecule has 0 spiro atoms. The fraction of sp³-hybridized carbons (Fsp3) is 0.636. The first-order chi connectivity index (χ1) is 13.4. The van der Waals surface area contributed by atoms with E-state index in [9.17, 15) is 9.59 Å². The molecule has 0 radical (unpaired) electrons. The van der Waals surface area contributed by atoms with Crippen LogP contribution in [0.1, 0.15) is 37.3 Å². The number of rotatable bonds is 5. The molecule has 0 aliphatic carbocycles. The number of amides is 2. The van der Waals surface area contributed by atoms with Gasteiger partial charge in [-0.2, -0.15) is 0 Å². The molecule has 2 fully saturated rings. The van der Waals surface area contributed by atoms with Gasteiger partial charge in [-0.25, -0.2) is 0 Å². The number of carbonyl (C=O) groups is 2. The molecule has 2 saturated heterocycles. The lowest BCUT2D eigenvalue weighted by molar-refractivity contribution is -0.135. The lowest BCUT2D eigenvalue weighted by Gasteiger charge is -2.37. The quantitative estimate of drug-likeness (QED) is 0.843. The van der Waals surface area contributed by atoms with E-state index in [1.54, 1.807) is 0 Å². The van der Waals surface area contributed by atoms with Crippen LogP contribution in [-0.4, -0.2) is 78.4 Å². The van der Waals surface area contributed by atoms with Crippen LogP contribution in [0.2, 0.25) is 0 Å². The second-order valence-electron chi connectivity index (χ2n) is 8.29. The molecule has 0 saturated carbocycles. The number of piperidine rings is 1. The number of nitrogens with zero attached hydrogens (tertiary/aromatic N) is 3. The van der Waals surface area contributed by atoms with Crippen molar-refractivity contribution in [2.24, 2.45) is 0 Å². The molecular weight excluding hydrogens is 352 g/mol. The van der Waals surface area contributed by atoms with Gasteiger partial charge in [0.05, 0.1) is 13.1 Å². The van der Waals surface area contributed by atoms with Gasteiger partial charge in [0.25, 0.3) is 0 Å². The van der Waals surface area contributed by atoms with Gasteiger partial charge in [-0.3, -0.25) is 19.4 Å². The van der Waals surface area contributed by atoms with Crippen LogP contribution < -0.4 is 5.32 Å². The molecule has 2 aliphatic heterocycles. The minimum absolute atomic E-state index is 0.0133. The summed E-state index contributed by atoms with van der Waals surface area (Å²) in [6.45, 7) is 11.1. The summed E-state index contributed by atoms with van der Waals surface area (Å²) in [6, 6.07) is 6.53. The number of benzene rings is 1. The highest BCUT2D eigenvalue weighted by molar-refractivity contribution is 5.93.